The van der Waals surface area contributed by atoms with Crippen LogP contribution in [0.2, 0.25) is 0 Å². The molecule has 4 nitrogen and oxygen atoms in total. The average Bonchev–Trinajstić information content (AvgIpc) is 3.75. The molecule has 6 heteroatoms. The van der Waals surface area contributed by atoms with Crippen molar-refractivity contribution in [3.8, 4) is 0 Å². The van der Waals surface area contributed by atoms with Crippen LogP contribution in [0.3, 0.4) is 0 Å². The average molecular weight is 587 g/mol. The molecule has 3 aromatic carbocycles. The van der Waals surface area contributed by atoms with Crippen LogP contribution in [0.5, 0.6) is 0 Å². The van der Waals surface area contributed by atoms with Gasteiger partial charge in [-0.15, -0.1) is 0 Å². The molecule has 0 saturated heterocycles. The van der Waals surface area contributed by atoms with Gasteiger partial charge >= 0.3 is 0 Å². The number of hydrogen-bond acceptors (Lipinski definition) is 6. The van der Waals surface area contributed by atoms with Crippen molar-refractivity contribution in [2.75, 3.05) is 22.9 Å². The lowest BCUT2D eigenvalue weighted by Gasteiger charge is -2.17. The number of ketones is 2. The summed E-state index contributed by atoms with van der Waals surface area (Å²) >= 11 is 3.52. The number of fused-ring (bicyclic) bond motifs is 3. The number of carbonyl (C=O) groups excluding carboxylic acids is 2. The van der Waals surface area contributed by atoms with Crippen LogP contribution in [-0.2, 0) is 0 Å². The number of allylic oxidation sites excluding steroid dienone is 8. The lowest BCUT2D eigenvalue weighted by molar-refractivity contribution is 0.0987. The van der Waals surface area contributed by atoms with Crippen LogP contribution in [0, 0.1) is 0 Å². The Kier molecular flexibility index (Phi) is 7.04. The molecule has 1 fully saturated rings. The minimum atomic E-state index is -0.166. The fraction of sp³-hybridized carbons (Fsp3) is 0.167. The van der Waals surface area contributed by atoms with E-state index in [0.29, 0.717) is 16.7 Å². The first-order chi connectivity index (χ1) is 20.6. The maximum absolute atomic E-state index is 13.7. The molecular weight excluding hydrogens is 557 g/mol. The van der Waals surface area contributed by atoms with Gasteiger partial charge < -0.3 is 9.80 Å². The Balaban J connectivity index is 1.31. The normalized spacial score (nSPS) is 21.5. The molecule has 0 amide bonds. The van der Waals surface area contributed by atoms with E-state index < -0.39 is 0 Å². The standard InChI is InChI=1S/C36H30N2O2S2/c1-3-37-27-13-7-9-15-29(27)41-31(37)21-19-23-17-18-24(20-22-32-38(4-2)28-14-8-10-16-30(28)42-32)33(23)34-35(39)25-11-5-6-12-26(25)36(34)40/h5-16,19-22H,3-4,17-18H2,1-2H3/b23-19+,24-20+,31-21-,32-22-. The van der Waals surface area contributed by atoms with E-state index in [-0.39, 0.29) is 11.6 Å². The highest BCUT2D eigenvalue weighted by Crippen LogP contribution is 2.48. The van der Waals surface area contributed by atoms with Gasteiger partial charge in [0.05, 0.1) is 27.0 Å². The summed E-state index contributed by atoms with van der Waals surface area (Å²) in [6.07, 6.45) is 10.1. The number of anilines is 2. The van der Waals surface area contributed by atoms with Gasteiger partial charge in [0.25, 0.3) is 0 Å². The van der Waals surface area contributed by atoms with Crippen LogP contribution < -0.4 is 9.80 Å². The molecule has 0 aromatic heterocycles. The quantitative estimate of drug-likeness (QED) is 0.225. The zero-order valence-corrected chi connectivity index (χ0v) is 25.2. The summed E-state index contributed by atoms with van der Waals surface area (Å²) < 4.78 is 0. The largest absolute Gasteiger partial charge is 0.335 e. The number of carbonyl (C=O) groups is 2. The van der Waals surface area contributed by atoms with Gasteiger partial charge in [-0.05, 0) is 79.8 Å². The third-order valence-corrected chi connectivity index (χ3v) is 10.4. The SMILES string of the molecule is CCN1/C(=C/C=C2\CC/C(=C\C=C3/Sc4ccccc4N3CC)C2=C2C(=O)c3ccccc3C2=O)Sc2ccccc21. The molecular formula is C36H30N2O2S2. The van der Waals surface area contributed by atoms with E-state index in [9.17, 15) is 9.59 Å². The number of benzene rings is 3. The van der Waals surface area contributed by atoms with E-state index >= 15 is 0 Å². The van der Waals surface area contributed by atoms with Crippen molar-refractivity contribution < 1.29 is 9.59 Å². The van der Waals surface area contributed by atoms with Gasteiger partial charge in [-0.2, -0.15) is 0 Å². The van der Waals surface area contributed by atoms with Gasteiger partial charge in [0, 0.05) is 34.0 Å². The highest BCUT2D eigenvalue weighted by molar-refractivity contribution is 8.04. The van der Waals surface area contributed by atoms with Gasteiger partial charge in [-0.25, -0.2) is 0 Å². The Hall–Kier alpha value is -4.00. The molecule has 2 aliphatic carbocycles. The second kappa shape index (κ2) is 11.0. The Bertz CT molecular complexity index is 1680. The van der Waals surface area contributed by atoms with Gasteiger partial charge in [-0.3, -0.25) is 9.59 Å². The van der Waals surface area contributed by atoms with E-state index in [2.05, 4.69) is 96.5 Å². The molecule has 3 aromatic rings. The van der Waals surface area contributed by atoms with E-state index in [4.69, 9.17) is 0 Å². The topological polar surface area (TPSA) is 40.6 Å². The van der Waals surface area contributed by atoms with Crippen molar-refractivity contribution in [2.45, 2.75) is 36.5 Å². The lowest BCUT2D eigenvalue weighted by atomic mass is 9.95. The van der Waals surface area contributed by atoms with E-state index in [1.807, 2.05) is 12.1 Å². The number of hydrogen-bond donors (Lipinski definition) is 0. The third-order valence-electron chi connectivity index (χ3n) is 8.19. The van der Waals surface area contributed by atoms with Crippen LogP contribution in [0.15, 0.2) is 139 Å². The molecule has 0 bridgehead atoms. The Labute approximate surface area is 255 Å². The lowest BCUT2D eigenvalue weighted by Crippen LogP contribution is -2.16. The van der Waals surface area contributed by atoms with Gasteiger partial charge in [0.2, 0.25) is 0 Å². The molecule has 0 unspecified atom stereocenters. The van der Waals surface area contributed by atoms with E-state index in [1.165, 1.54) is 21.2 Å². The molecule has 0 radical (unpaired) electrons. The monoisotopic (exact) mass is 586 g/mol. The molecule has 42 heavy (non-hydrogen) atoms. The number of thioether (sulfide) groups is 2. The summed E-state index contributed by atoms with van der Waals surface area (Å²) in [7, 11) is 0. The second-order valence-electron chi connectivity index (χ2n) is 10.5. The van der Waals surface area contributed by atoms with Crippen LogP contribution in [0.4, 0.5) is 11.4 Å². The highest BCUT2D eigenvalue weighted by Gasteiger charge is 2.38. The molecule has 0 spiro atoms. The Morgan fingerprint density at radius 3 is 1.48 bits per heavy atom. The predicted octanol–water partition coefficient (Wildman–Crippen LogP) is 8.96. The fourth-order valence-corrected chi connectivity index (χ4v) is 8.47. The first-order valence-electron chi connectivity index (χ1n) is 14.4. The number of para-hydroxylation sites is 2. The van der Waals surface area contributed by atoms with Crippen molar-refractivity contribution >= 4 is 46.5 Å². The number of rotatable bonds is 4. The van der Waals surface area contributed by atoms with Gasteiger partial charge in [0.1, 0.15) is 0 Å². The molecule has 2 aliphatic heterocycles. The molecule has 2 heterocycles. The first kappa shape index (κ1) is 26.9. The maximum Gasteiger partial charge on any atom is 0.198 e. The molecule has 208 valence electrons. The van der Waals surface area contributed by atoms with Crippen molar-refractivity contribution in [3.63, 3.8) is 0 Å². The van der Waals surface area contributed by atoms with Crippen molar-refractivity contribution in [3.05, 3.63) is 141 Å². The van der Waals surface area contributed by atoms with Crippen LogP contribution in [0.1, 0.15) is 47.4 Å². The molecule has 0 atom stereocenters. The second-order valence-corrected chi connectivity index (χ2v) is 12.6. The smallest absolute Gasteiger partial charge is 0.198 e. The highest BCUT2D eigenvalue weighted by atomic mass is 32.2. The number of Topliss-reactive ketones (excluding diaryl/α,β-unsaturated/α-hetero) is 2. The van der Waals surface area contributed by atoms with Crippen LogP contribution >= 0.6 is 23.5 Å². The number of nitrogens with zero attached hydrogens (tertiary/aromatic N) is 2. The minimum Gasteiger partial charge on any atom is -0.335 e. The molecule has 0 N–H and O–H groups in total. The van der Waals surface area contributed by atoms with Gasteiger partial charge in [-0.1, -0.05) is 84.2 Å². The molecule has 1 saturated carbocycles. The first-order valence-corrected chi connectivity index (χ1v) is 16.1. The van der Waals surface area contributed by atoms with Crippen LogP contribution in [-0.4, -0.2) is 24.7 Å². The summed E-state index contributed by atoms with van der Waals surface area (Å²) in [4.78, 5) is 34.5. The zero-order chi connectivity index (χ0) is 28.8. The molecule has 4 aliphatic rings. The van der Waals surface area contributed by atoms with Crippen molar-refractivity contribution in [2.24, 2.45) is 0 Å². The summed E-state index contributed by atoms with van der Waals surface area (Å²) in [6, 6.07) is 24.1. The summed E-state index contributed by atoms with van der Waals surface area (Å²) in [6.45, 7) is 6.05. The van der Waals surface area contributed by atoms with Crippen molar-refractivity contribution in [1.29, 1.82) is 0 Å². The Morgan fingerprint density at radius 2 is 1.02 bits per heavy atom. The predicted molar refractivity (Wildman–Crippen MR) is 174 cm³/mol. The maximum atomic E-state index is 13.7. The third kappa shape index (κ3) is 4.41. The zero-order valence-electron chi connectivity index (χ0n) is 23.6. The van der Waals surface area contributed by atoms with E-state index in [1.54, 1.807) is 35.7 Å². The minimum absolute atomic E-state index is 0.166. The van der Waals surface area contributed by atoms with Crippen LogP contribution in [0.25, 0.3) is 0 Å². The van der Waals surface area contributed by atoms with E-state index in [0.717, 1.165) is 52.7 Å². The van der Waals surface area contributed by atoms with Crippen molar-refractivity contribution in [1.82, 2.24) is 0 Å². The summed E-state index contributed by atoms with van der Waals surface area (Å²) in [5.41, 5.74) is 6.65. The molecule has 7 rings (SSSR count). The summed E-state index contributed by atoms with van der Waals surface area (Å²) in [5, 5.41) is 2.31. The van der Waals surface area contributed by atoms with Gasteiger partial charge in [0.15, 0.2) is 11.6 Å². The fourth-order valence-electron chi connectivity index (χ4n) is 6.21. The summed E-state index contributed by atoms with van der Waals surface area (Å²) in [5.74, 6) is -0.333. The Morgan fingerprint density at radius 1 is 0.595 bits per heavy atom.